The molecule has 0 aliphatic carbocycles. The largest absolute Gasteiger partial charge is 0.408 e. The molecule has 0 spiro atoms. The van der Waals surface area contributed by atoms with Gasteiger partial charge >= 0.3 is 6.18 Å². The average molecular weight is 483 g/mol. The second kappa shape index (κ2) is 9.82. The Labute approximate surface area is 195 Å². The Morgan fingerprint density at radius 2 is 2.03 bits per heavy atom. The van der Waals surface area contributed by atoms with Crippen molar-refractivity contribution in [3.05, 3.63) is 40.7 Å². The van der Waals surface area contributed by atoms with Crippen LogP contribution in [0.1, 0.15) is 29.9 Å². The van der Waals surface area contributed by atoms with Crippen molar-refractivity contribution >= 4 is 35.7 Å². The molecule has 0 unspecified atom stereocenters. The van der Waals surface area contributed by atoms with Crippen LogP contribution in [-0.4, -0.2) is 65.9 Å². The molecule has 11 heteroatoms. The van der Waals surface area contributed by atoms with Gasteiger partial charge in [-0.05, 0) is 68.7 Å². The van der Waals surface area contributed by atoms with Crippen LogP contribution in [0.2, 0.25) is 5.02 Å². The number of hydrogen-bond donors (Lipinski definition) is 1. The van der Waals surface area contributed by atoms with Gasteiger partial charge in [-0.1, -0.05) is 11.6 Å². The molecule has 2 aromatic rings. The fraction of sp³-hybridized carbons (Fsp3) is 0.500. The van der Waals surface area contributed by atoms with E-state index in [-0.39, 0.29) is 5.96 Å². The zero-order chi connectivity index (χ0) is 23.6. The topological polar surface area (TPSA) is 67.0 Å². The van der Waals surface area contributed by atoms with Crippen LogP contribution in [0, 0.1) is 6.92 Å². The van der Waals surface area contributed by atoms with E-state index in [1.807, 2.05) is 19.1 Å². The van der Waals surface area contributed by atoms with Gasteiger partial charge in [-0.3, -0.25) is 9.58 Å². The molecule has 7 nitrogen and oxygen atoms in total. The highest BCUT2D eigenvalue weighted by Gasteiger charge is 2.31. The van der Waals surface area contributed by atoms with Crippen LogP contribution >= 0.6 is 11.6 Å². The molecule has 1 N–H and O–H groups in total. The first-order chi connectivity index (χ1) is 15.7. The number of piperidine rings is 1. The lowest BCUT2D eigenvalue weighted by atomic mass is 9.88. The molecule has 0 bridgehead atoms. The van der Waals surface area contributed by atoms with Gasteiger partial charge in [0.2, 0.25) is 5.96 Å². The quantitative estimate of drug-likeness (QED) is 0.491. The Balaban J connectivity index is 1.48. The number of likely N-dealkylation sites (tertiary alicyclic amines) is 1. The first kappa shape index (κ1) is 23.7. The van der Waals surface area contributed by atoms with E-state index in [1.165, 1.54) is 12.4 Å². The lowest BCUT2D eigenvalue weighted by molar-refractivity contribution is -0.142. The molecule has 0 atom stereocenters. The Morgan fingerprint density at radius 3 is 2.64 bits per heavy atom. The molecule has 2 aliphatic heterocycles. The van der Waals surface area contributed by atoms with Gasteiger partial charge in [0.25, 0.3) is 0 Å². The second-order valence-electron chi connectivity index (χ2n) is 8.42. The van der Waals surface area contributed by atoms with Crippen LogP contribution in [0.5, 0.6) is 0 Å². The van der Waals surface area contributed by atoms with Crippen molar-refractivity contribution in [1.29, 1.82) is 0 Å². The summed E-state index contributed by atoms with van der Waals surface area (Å²) in [6, 6.07) is 4.40. The number of aryl methyl sites for hydroxylation is 1. The SMILES string of the molecule is C=NC(=Nc1cc(C2CCN(C3COC3)CC2)c(Cl)cc1C)Nc1cnn(CC(F)(F)F)c1. The molecule has 1 aromatic heterocycles. The van der Waals surface area contributed by atoms with Crippen molar-refractivity contribution in [1.82, 2.24) is 14.7 Å². The number of nitrogens with zero attached hydrogens (tertiary/aromatic N) is 5. The van der Waals surface area contributed by atoms with Crippen molar-refractivity contribution in [2.45, 2.75) is 44.4 Å². The minimum Gasteiger partial charge on any atom is -0.378 e. The van der Waals surface area contributed by atoms with Crippen LogP contribution in [-0.2, 0) is 11.3 Å². The van der Waals surface area contributed by atoms with E-state index >= 15 is 0 Å². The zero-order valence-electron chi connectivity index (χ0n) is 18.3. The molecule has 0 amide bonds. The number of aliphatic imine (C=N–C) groups is 2. The van der Waals surface area contributed by atoms with Gasteiger partial charge in [0.05, 0.1) is 36.8 Å². The summed E-state index contributed by atoms with van der Waals surface area (Å²) in [5, 5.41) is 7.31. The molecule has 3 heterocycles. The van der Waals surface area contributed by atoms with Crippen molar-refractivity contribution < 1.29 is 17.9 Å². The maximum atomic E-state index is 12.6. The summed E-state index contributed by atoms with van der Waals surface area (Å²) in [7, 11) is 0. The third-order valence-corrected chi connectivity index (χ3v) is 6.36. The smallest absolute Gasteiger partial charge is 0.378 e. The van der Waals surface area contributed by atoms with Gasteiger partial charge in [-0.25, -0.2) is 9.98 Å². The Hall–Kier alpha value is -2.43. The van der Waals surface area contributed by atoms with E-state index < -0.39 is 12.7 Å². The number of ether oxygens (including phenoxy) is 1. The molecule has 2 fully saturated rings. The monoisotopic (exact) mass is 482 g/mol. The van der Waals surface area contributed by atoms with E-state index in [2.05, 4.69) is 32.0 Å². The number of aromatic nitrogens is 2. The molecule has 4 rings (SSSR count). The third-order valence-electron chi connectivity index (χ3n) is 6.03. The summed E-state index contributed by atoms with van der Waals surface area (Å²) in [6.45, 7) is 7.89. The fourth-order valence-corrected chi connectivity index (χ4v) is 4.54. The number of nitrogens with one attached hydrogen (secondary N) is 1. The predicted molar refractivity (Wildman–Crippen MR) is 123 cm³/mol. The molecular weight excluding hydrogens is 457 g/mol. The van der Waals surface area contributed by atoms with Crippen LogP contribution in [0.4, 0.5) is 24.5 Å². The van der Waals surface area contributed by atoms with E-state index in [0.717, 1.165) is 55.0 Å². The van der Waals surface area contributed by atoms with Gasteiger partial charge in [-0.15, -0.1) is 0 Å². The molecule has 1 aromatic carbocycles. The second-order valence-corrected chi connectivity index (χ2v) is 8.83. The van der Waals surface area contributed by atoms with Crippen LogP contribution in [0.25, 0.3) is 0 Å². The normalized spacial score (nSPS) is 18.9. The maximum Gasteiger partial charge on any atom is 0.408 e. The lowest BCUT2D eigenvalue weighted by Gasteiger charge is -2.41. The Bertz CT molecular complexity index is 1030. The third kappa shape index (κ3) is 5.93. The minimum atomic E-state index is -4.35. The van der Waals surface area contributed by atoms with Crippen molar-refractivity contribution in [3.8, 4) is 0 Å². The molecule has 33 heavy (non-hydrogen) atoms. The highest BCUT2D eigenvalue weighted by Crippen LogP contribution is 2.37. The Morgan fingerprint density at radius 1 is 1.30 bits per heavy atom. The fourth-order valence-electron chi connectivity index (χ4n) is 4.16. The lowest BCUT2D eigenvalue weighted by Crippen LogP contribution is -2.51. The van der Waals surface area contributed by atoms with Gasteiger partial charge in [-0.2, -0.15) is 18.3 Å². The van der Waals surface area contributed by atoms with Crippen LogP contribution in [0.15, 0.2) is 34.5 Å². The van der Waals surface area contributed by atoms with Gasteiger partial charge in [0.15, 0.2) is 0 Å². The number of hydrogen-bond acceptors (Lipinski definition) is 4. The summed E-state index contributed by atoms with van der Waals surface area (Å²) in [4.78, 5) is 10.9. The summed E-state index contributed by atoms with van der Waals surface area (Å²) >= 11 is 6.59. The van der Waals surface area contributed by atoms with E-state index in [1.54, 1.807) is 0 Å². The van der Waals surface area contributed by atoms with Crippen molar-refractivity contribution in [2.24, 2.45) is 9.98 Å². The number of rotatable bonds is 5. The first-order valence-corrected chi connectivity index (χ1v) is 11.1. The first-order valence-electron chi connectivity index (χ1n) is 10.8. The number of anilines is 1. The number of halogens is 4. The summed E-state index contributed by atoms with van der Waals surface area (Å²) < 4.78 is 43.8. The molecule has 178 valence electrons. The highest BCUT2D eigenvalue weighted by atomic mass is 35.5. The maximum absolute atomic E-state index is 12.6. The van der Waals surface area contributed by atoms with E-state index in [0.29, 0.717) is 28.4 Å². The zero-order valence-corrected chi connectivity index (χ0v) is 19.0. The van der Waals surface area contributed by atoms with Crippen molar-refractivity contribution in [2.75, 3.05) is 31.6 Å². The van der Waals surface area contributed by atoms with E-state index in [4.69, 9.17) is 16.3 Å². The summed E-state index contributed by atoms with van der Waals surface area (Å²) in [5.74, 6) is 0.496. The Kier molecular flexibility index (Phi) is 7.06. The summed E-state index contributed by atoms with van der Waals surface area (Å²) in [6.07, 6.45) is 0.190. The highest BCUT2D eigenvalue weighted by molar-refractivity contribution is 6.31. The average Bonchev–Trinajstić information content (AvgIpc) is 3.13. The van der Waals surface area contributed by atoms with Crippen LogP contribution < -0.4 is 5.32 Å². The van der Waals surface area contributed by atoms with Gasteiger partial charge < -0.3 is 10.1 Å². The molecular formula is C22H26ClF3N6O. The summed E-state index contributed by atoms with van der Waals surface area (Å²) in [5.41, 5.74) is 2.93. The number of guanidine groups is 1. The molecule has 0 radical (unpaired) electrons. The standard InChI is InChI=1S/C22H26ClF3N6O/c1-14-7-19(23)18(15-3-5-31(6-4-15)17-11-33-12-17)8-20(14)30-21(27-2)29-16-9-28-32(10-16)13-22(24,25)26/h7-10,15,17H,2-6,11-13H2,1H3,(H,29,30). The number of alkyl halides is 3. The predicted octanol–water partition coefficient (Wildman–Crippen LogP) is 4.79. The van der Waals surface area contributed by atoms with Gasteiger partial charge in [0.1, 0.15) is 6.54 Å². The van der Waals surface area contributed by atoms with Crippen molar-refractivity contribution in [3.63, 3.8) is 0 Å². The van der Waals surface area contributed by atoms with E-state index in [9.17, 15) is 13.2 Å². The number of benzene rings is 1. The molecule has 2 aliphatic rings. The molecule has 2 saturated heterocycles. The molecule has 0 saturated carbocycles. The van der Waals surface area contributed by atoms with Crippen LogP contribution in [0.3, 0.4) is 0 Å². The van der Waals surface area contributed by atoms with Gasteiger partial charge in [0, 0.05) is 11.2 Å². The minimum absolute atomic E-state index is 0.165.